The van der Waals surface area contributed by atoms with Crippen LogP contribution in [0.15, 0.2) is 12.3 Å². The predicted octanol–water partition coefficient (Wildman–Crippen LogP) is 2.19. The molecule has 0 aliphatic rings. The van der Waals surface area contributed by atoms with E-state index in [-0.39, 0.29) is 10.7 Å². The van der Waals surface area contributed by atoms with Crippen molar-refractivity contribution in [1.29, 1.82) is 0 Å². The van der Waals surface area contributed by atoms with Gasteiger partial charge in [-0.1, -0.05) is 15.9 Å². The molecule has 0 fully saturated rings. The molecule has 1 atom stereocenters. The van der Waals surface area contributed by atoms with E-state index in [1.165, 1.54) is 0 Å². The highest BCUT2D eigenvalue weighted by atomic mass is 79.9. The topological polar surface area (TPSA) is 46.9 Å². The van der Waals surface area contributed by atoms with E-state index in [1.807, 2.05) is 20.0 Å². The number of carbonyl (C=O) groups excluding carboxylic acids is 1. The summed E-state index contributed by atoms with van der Waals surface area (Å²) < 4.78 is 1.80. The van der Waals surface area contributed by atoms with Crippen molar-refractivity contribution in [1.82, 2.24) is 9.78 Å². The highest BCUT2D eigenvalue weighted by molar-refractivity contribution is 9.10. The van der Waals surface area contributed by atoms with Crippen LogP contribution in [0.5, 0.6) is 0 Å². The Hall–Kier alpha value is -0.840. The van der Waals surface area contributed by atoms with Crippen LogP contribution < -0.4 is 5.32 Å². The Bertz CT molecular complexity index is 320. The van der Waals surface area contributed by atoms with Gasteiger partial charge in [0.1, 0.15) is 0 Å². The van der Waals surface area contributed by atoms with Gasteiger partial charge in [-0.05, 0) is 20.8 Å². The number of alkyl halides is 1. The molecule has 5 heteroatoms. The monoisotopic (exact) mass is 259 g/mol. The van der Waals surface area contributed by atoms with Crippen LogP contribution in [-0.2, 0) is 4.79 Å². The minimum Gasteiger partial charge on any atom is -0.308 e. The average Bonchev–Trinajstić information content (AvgIpc) is 2.52. The first-order chi connectivity index (χ1) is 6.50. The molecule has 1 N–H and O–H groups in total. The minimum atomic E-state index is -0.202. The Balaban J connectivity index is 2.64. The first-order valence-electron chi connectivity index (χ1n) is 4.51. The maximum absolute atomic E-state index is 11.3. The van der Waals surface area contributed by atoms with Crippen LogP contribution in [0.2, 0.25) is 0 Å². The first kappa shape index (κ1) is 11.2. The number of aromatic nitrogens is 2. The van der Waals surface area contributed by atoms with E-state index >= 15 is 0 Å². The normalized spacial score (nSPS) is 12.9. The number of amides is 1. The van der Waals surface area contributed by atoms with Gasteiger partial charge < -0.3 is 5.32 Å². The summed E-state index contributed by atoms with van der Waals surface area (Å²) in [5.74, 6) is 0.508. The zero-order valence-electron chi connectivity index (χ0n) is 8.49. The predicted molar refractivity (Wildman–Crippen MR) is 59.6 cm³/mol. The summed E-state index contributed by atoms with van der Waals surface area (Å²) in [7, 11) is 0. The van der Waals surface area contributed by atoms with Gasteiger partial charge in [-0.2, -0.15) is 5.10 Å². The molecular formula is C9H14BrN3O. The molecule has 1 rings (SSSR count). The van der Waals surface area contributed by atoms with E-state index in [1.54, 1.807) is 17.7 Å². The summed E-state index contributed by atoms with van der Waals surface area (Å²) in [6.45, 7) is 5.84. The lowest BCUT2D eigenvalue weighted by Crippen LogP contribution is -2.20. The van der Waals surface area contributed by atoms with Crippen molar-refractivity contribution in [3.63, 3.8) is 0 Å². The second-order valence-corrected chi connectivity index (χ2v) is 4.75. The van der Waals surface area contributed by atoms with Crippen LogP contribution in [0.25, 0.3) is 0 Å². The molecule has 0 saturated heterocycles. The second-order valence-electron chi connectivity index (χ2n) is 3.38. The molecule has 0 saturated carbocycles. The summed E-state index contributed by atoms with van der Waals surface area (Å²) in [5.41, 5.74) is 0. The Labute approximate surface area is 91.8 Å². The zero-order chi connectivity index (χ0) is 10.7. The summed E-state index contributed by atoms with van der Waals surface area (Å²) in [6, 6.07) is 2.09. The van der Waals surface area contributed by atoms with Crippen LogP contribution in [-0.4, -0.2) is 20.5 Å². The van der Waals surface area contributed by atoms with Crippen molar-refractivity contribution in [2.75, 3.05) is 5.32 Å². The number of anilines is 1. The number of hydrogen-bond donors (Lipinski definition) is 1. The van der Waals surface area contributed by atoms with E-state index in [4.69, 9.17) is 0 Å². The fourth-order valence-electron chi connectivity index (χ4n) is 0.918. The third kappa shape index (κ3) is 2.83. The summed E-state index contributed by atoms with van der Waals surface area (Å²) in [5, 5.41) is 6.89. The highest BCUT2D eigenvalue weighted by Gasteiger charge is 2.10. The lowest BCUT2D eigenvalue weighted by atomic mass is 10.4. The van der Waals surface area contributed by atoms with Crippen LogP contribution in [0, 0.1) is 0 Å². The molecule has 0 aliphatic heterocycles. The van der Waals surface area contributed by atoms with Crippen LogP contribution >= 0.6 is 15.9 Å². The maximum atomic E-state index is 11.3. The number of nitrogens with zero attached hydrogens (tertiary/aromatic N) is 2. The second kappa shape index (κ2) is 4.59. The molecule has 4 nitrogen and oxygen atoms in total. The molecule has 0 radical (unpaired) electrons. The largest absolute Gasteiger partial charge is 0.308 e. The van der Waals surface area contributed by atoms with Crippen molar-refractivity contribution < 1.29 is 4.79 Å². The van der Waals surface area contributed by atoms with E-state index in [2.05, 4.69) is 26.3 Å². The molecule has 0 bridgehead atoms. The summed E-state index contributed by atoms with van der Waals surface area (Å²) in [4.78, 5) is 11.1. The molecule has 1 aromatic heterocycles. The van der Waals surface area contributed by atoms with Crippen molar-refractivity contribution in [2.24, 2.45) is 0 Å². The lowest BCUT2D eigenvalue weighted by Gasteiger charge is -2.05. The van der Waals surface area contributed by atoms with Crippen LogP contribution in [0.3, 0.4) is 0 Å². The van der Waals surface area contributed by atoms with E-state index < -0.39 is 0 Å². The van der Waals surface area contributed by atoms with Gasteiger partial charge in [-0.3, -0.25) is 9.48 Å². The van der Waals surface area contributed by atoms with E-state index in [9.17, 15) is 4.79 Å². The Morgan fingerprint density at radius 1 is 1.57 bits per heavy atom. The third-order valence-electron chi connectivity index (χ3n) is 1.75. The molecule has 78 valence electrons. The van der Waals surface area contributed by atoms with Crippen molar-refractivity contribution in [3.8, 4) is 0 Å². The molecule has 1 amide bonds. The summed E-state index contributed by atoms with van der Waals surface area (Å²) >= 11 is 3.19. The molecule has 0 spiro atoms. The maximum Gasteiger partial charge on any atom is 0.239 e. The smallest absolute Gasteiger partial charge is 0.239 e. The van der Waals surface area contributed by atoms with Crippen LogP contribution in [0.1, 0.15) is 26.8 Å². The fraction of sp³-hybridized carbons (Fsp3) is 0.556. The van der Waals surface area contributed by atoms with Gasteiger partial charge in [0.15, 0.2) is 5.82 Å². The van der Waals surface area contributed by atoms with Gasteiger partial charge >= 0.3 is 0 Å². The quantitative estimate of drug-likeness (QED) is 0.847. The first-order valence-corrected chi connectivity index (χ1v) is 5.42. The molecule has 1 aromatic rings. The highest BCUT2D eigenvalue weighted by Crippen LogP contribution is 2.09. The Kier molecular flexibility index (Phi) is 3.69. The molecule has 1 heterocycles. The molecular weight excluding hydrogens is 246 g/mol. The molecule has 0 aliphatic carbocycles. The third-order valence-corrected chi connectivity index (χ3v) is 2.17. The number of rotatable bonds is 3. The summed E-state index contributed by atoms with van der Waals surface area (Å²) in [6.07, 6.45) is 1.85. The van der Waals surface area contributed by atoms with Crippen molar-refractivity contribution >= 4 is 27.7 Å². The van der Waals surface area contributed by atoms with Crippen LogP contribution in [0.4, 0.5) is 5.82 Å². The Morgan fingerprint density at radius 3 is 2.64 bits per heavy atom. The van der Waals surface area contributed by atoms with Gasteiger partial charge in [0.05, 0.1) is 4.83 Å². The zero-order valence-corrected chi connectivity index (χ0v) is 10.1. The molecule has 14 heavy (non-hydrogen) atoms. The number of halogens is 1. The van der Waals surface area contributed by atoms with Gasteiger partial charge in [0.2, 0.25) is 5.91 Å². The number of hydrogen-bond acceptors (Lipinski definition) is 2. The van der Waals surface area contributed by atoms with Crippen molar-refractivity contribution in [2.45, 2.75) is 31.6 Å². The van der Waals surface area contributed by atoms with Gasteiger partial charge in [0, 0.05) is 18.3 Å². The average molecular weight is 260 g/mol. The number of carbonyl (C=O) groups is 1. The van der Waals surface area contributed by atoms with Gasteiger partial charge in [0.25, 0.3) is 0 Å². The lowest BCUT2D eigenvalue weighted by molar-refractivity contribution is -0.115. The Morgan fingerprint density at radius 2 is 2.21 bits per heavy atom. The van der Waals surface area contributed by atoms with E-state index in [0.717, 1.165) is 0 Å². The van der Waals surface area contributed by atoms with Gasteiger partial charge in [-0.25, -0.2) is 0 Å². The molecule has 1 unspecified atom stereocenters. The van der Waals surface area contributed by atoms with E-state index in [0.29, 0.717) is 11.9 Å². The van der Waals surface area contributed by atoms with Gasteiger partial charge in [-0.15, -0.1) is 0 Å². The SMILES string of the molecule is CC(Br)C(=O)Nc1ccn(C(C)C)n1. The standard InChI is InChI=1S/C9H14BrN3O/c1-6(2)13-5-4-8(12-13)11-9(14)7(3)10/h4-7H,1-3H3,(H,11,12,14). The van der Waals surface area contributed by atoms with Crippen molar-refractivity contribution in [3.05, 3.63) is 12.3 Å². The molecule has 0 aromatic carbocycles. The fourth-order valence-corrected chi connectivity index (χ4v) is 1.03. The number of nitrogens with one attached hydrogen (secondary N) is 1. The minimum absolute atomic E-state index is 0.0843.